The van der Waals surface area contributed by atoms with Gasteiger partial charge in [-0.3, -0.25) is 9.78 Å². The van der Waals surface area contributed by atoms with Crippen molar-refractivity contribution in [3.05, 3.63) is 93.7 Å². The number of nitrogens with zero attached hydrogens (tertiary/aromatic N) is 2. The Kier molecular flexibility index (Phi) is 5.14. The summed E-state index contributed by atoms with van der Waals surface area (Å²) in [6.45, 7) is 4.46. The molecule has 3 atom stereocenters. The number of nitrogens with one attached hydrogen (secondary N) is 1. The SMILES string of the molecule is C[C@H]1[C@H](/C=C/c2ccc(-c3ccccc3C#N)cn2)c2cc[nH]c(=O)c2C[C@@H]1C. The molecule has 0 unspecified atom stereocenters. The third-order valence-electron chi connectivity index (χ3n) is 6.07. The fourth-order valence-corrected chi connectivity index (χ4v) is 4.17. The Labute approximate surface area is 170 Å². The van der Waals surface area contributed by atoms with Gasteiger partial charge in [-0.2, -0.15) is 5.26 Å². The van der Waals surface area contributed by atoms with E-state index in [0.717, 1.165) is 34.4 Å². The molecule has 0 aliphatic heterocycles. The number of rotatable bonds is 3. The molecule has 29 heavy (non-hydrogen) atoms. The van der Waals surface area contributed by atoms with Crippen molar-refractivity contribution in [3.63, 3.8) is 0 Å². The molecule has 0 amide bonds. The lowest BCUT2D eigenvalue weighted by Crippen LogP contribution is -2.30. The van der Waals surface area contributed by atoms with E-state index in [9.17, 15) is 10.1 Å². The van der Waals surface area contributed by atoms with Crippen molar-refractivity contribution in [3.8, 4) is 17.2 Å². The monoisotopic (exact) mass is 381 g/mol. The lowest BCUT2D eigenvalue weighted by molar-refractivity contribution is 0.330. The Morgan fingerprint density at radius 2 is 2.00 bits per heavy atom. The first-order chi connectivity index (χ1) is 14.1. The smallest absolute Gasteiger partial charge is 0.251 e. The predicted molar refractivity (Wildman–Crippen MR) is 115 cm³/mol. The number of benzene rings is 1. The van der Waals surface area contributed by atoms with Crippen molar-refractivity contribution in [2.45, 2.75) is 26.2 Å². The number of hydrogen-bond donors (Lipinski definition) is 1. The molecule has 4 heteroatoms. The molecule has 2 aromatic heterocycles. The molecule has 3 aromatic rings. The number of H-pyrrole nitrogens is 1. The van der Waals surface area contributed by atoms with Crippen LogP contribution < -0.4 is 5.56 Å². The van der Waals surface area contributed by atoms with Crippen LogP contribution in [0.15, 0.2) is 65.7 Å². The summed E-state index contributed by atoms with van der Waals surface area (Å²) in [6, 6.07) is 15.8. The van der Waals surface area contributed by atoms with Crippen LogP contribution in [0.4, 0.5) is 0 Å². The quantitative estimate of drug-likeness (QED) is 0.699. The van der Waals surface area contributed by atoms with Gasteiger partial charge in [-0.25, -0.2) is 0 Å². The first-order valence-corrected chi connectivity index (χ1v) is 9.92. The van der Waals surface area contributed by atoms with E-state index in [1.807, 2.05) is 48.5 Å². The molecule has 1 aliphatic carbocycles. The van der Waals surface area contributed by atoms with Gasteiger partial charge in [-0.05, 0) is 48.1 Å². The van der Waals surface area contributed by atoms with Crippen molar-refractivity contribution in [2.75, 3.05) is 0 Å². The van der Waals surface area contributed by atoms with Crippen LogP contribution >= 0.6 is 0 Å². The molecule has 0 fully saturated rings. The molecular formula is C25H23N3O. The topological polar surface area (TPSA) is 69.5 Å². The number of hydrogen-bond acceptors (Lipinski definition) is 3. The molecule has 0 spiro atoms. The van der Waals surface area contributed by atoms with Crippen LogP contribution in [0.2, 0.25) is 0 Å². The van der Waals surface area contributed by atoms with Crippen molar-refractivity contribution >= 4 is 6.08 Å². The standard InChI is InChI=1S/C25H23N3O/c1-16-13-24-23(11-12-27-25(24)29)21(17(16)2)10-9-20-8-7-19(15-28-20)22-6-4-3-5-18(22)14-26/h3-12,15-17,21H,13H2,1-2H3,(H,27,29)/b10-9+/t16-,17+,21-/m0/s1. The minimum Gasteiger partial charge on any atom is -0.329 e. The zero-order valence-electron chi connectivity index (χ0n) is 16.6. The Bertz CT molecular complexity index is 1150. The molecule has 4 nitrogen and oxygen atoms in total. The first kappa shape index (κ1) is 18.9. The average Bonchev–Trinajstić information content (AvgIpc) is 2.75. The number of nitriles is 1. The number of aromatic amines is 1. The largest absolute Gasteiger partial charge is 0.329 e. The predicted octanol–water partition coefficient (Wildman–Crippen LogP) is 4.93. The maximum atomic E-state index is 12.2. The molecule has 4 rings (SSSR count). The van der Waals surface area contributed by atoms with Crippen LogP contribution in [-0.4, -0.2) is 9.97 Å². The summed E-state index contributed by atoms with van der Waals surface area (Å²) in [5.41, 5.74) is 5.37. The summed E-state index contributed by atoms with van der Waals surface area (Å²) in [5.74, 6) is 1.08. The second kappa shape index (κ2) is 7.89. The minimum atomic E-state index is 0.0262. The lowest BCUT2D eigenvalue weighted by Gasteiger charge is -2.33. The Morgan fingerprint density at radius 3 is 2.76 bits per heavy atom. The molecule has 0 bridgehead atoms. The van der Waals surface area contributed by atoms with Crippen LogP contribution in [0, 0.1) is 23.2 Å². The highest BCUT2D eigenvalue weighted by Gasteiger charge is 2.31. The van der Waals surface area contributed by atoms with E-state index in [2.05, 4.69) is 36.0 Å². The highest BCUT2D eigenvalue weighted by molar-refractivity contribution is 5.70. The van der Waals surface area contributed by atoms with Gasteiger partial charge in [0.15, 0.2) is 0 Å². The molecule has 1 aromatic carbocycles. The Hall–Kier alpha value is -3.45. The van der Waals surface area contributed by atoms with Gasteiger partial charge >= 0.3 is 0 Å². The van der Waals surface area contributed by atoms with Crippen molar-refractivity contribution in [2.24, 2.45) is 11.8 Å². The van der Waals surface area contributed by atoms with E-state index in [-0.39, 0.29) is 11.5 Å². The van der Waals surface area contributed by atoms with E-state index in [0.29, 0.717) is 17.4 Å². The molecule has 2 heterocycles. The van der Waals surface area contributed by atoms with Gasteiger partial charge in [0.25, 0.3) is 5.56 Å². The lowest BCUT2D eigenvalue weighted by atomic mass is 9.71. The summed E-state index contributed by atoms with van der Waals surface area (Å²) in [6.07, 6.45) is 8.57. The highest BCUT2D eigenvalue weighted by Crippen LogP contribution is 2.39. The maximum Gasteiger partial charge on any atom is 0.251 e. The zero-order valence-corrected chi connectivity index (χ0v) is 16.6. The zero-order chi connectivity index (χ0) is 20.4. The summed E-state index contributed by atoms with van der Waals surface area (Å²) < 4.78 is 0. The molecule has 0 saturated carbocycles. The van der Waals surface area contributed by atoms with Crippen LogP contribution in [0.3, 0.4) is 0 Å². The second-order valence-corrected chi connectivity index (χ2v) is 7.80. The number of pyridine rings is 2. The van der Waals surface area contributed by atoms with Crippen molar-refractivity contribution in [1.82, 2.24) is 9.97 Å². The summed E-state index contributed by atoms with van der Waals surface area (Å²) >= 11 is 0. The number of fused-ring (bicyclic) bond motifs is 1. The first-order valence-electron chi connectivity index (χ1n) is 9.92. The van der Waals surface area contributed by atoms with Crippen molar-refractivity contribution in [1.29, 1.82) is 5.26 Å². The van der Waals surface area contributed by atoms with E-state index >= 15 is 0 Å². The van der Waals surface area contributed by atoms with E-state index in [4.69, 9.17) is 0 Å². The normalized spacial score (nSPS) is 20.9. The maximum absolute atomic E-state index is 12.2. The van der Waals surface area contributed by atoms with E-state index in [1.165, 1.54) is 0 Å². The van der Waals surface area contributed by atoms with Crippen molar-refractivity contribution < 1.29 is 0 Å². The number of aromatic nitrogens is 2. The minimum absolute atomic E-state index is 0.0262. The fraction of sp³-hybridized carbons (Fsp3) is 0.240. The third kappa shape index (κ3) is 3.64. The number of allylic oxidation sites excluding steroid dienone is 1. The van der Waals surface area contributed by atoms with E-state index in [1.54, 1.807) is 12.4 Å². The van der Waals surface area contributed by atoms with Gasteiger partial charge < -0.3 is 4.98 Å². The van der Waals surface area contributed by atoms with Gasteiger partial charge in [-0.1, -0.05) is 44.2 Å². The summed E-state index contributed by atoms with van der Waals surface area (Å²) in [5, 5.41) is 9.30. The third-order valence-corrected chi connectivity index (χ3v) is 6.07. The van der Waals surface area contributed by atoms with E-state index < -0.39 is 0 Å². The van der Waals surface area contributed by atoms with Crippen LogP contribution in [0.25, 0.3) is 17.2 Å². The van der Waals surface area contributed by atoms with Gasteiger partial charge in [0.1, 0.15) is 0 Å². The molecular weight excluding hydrogens is 358 g/mol. The van der Waals surface area contributed by atoms with Gasteiger partial charge in [-0.15, -0.1) is 0 Å². The molecule has 0 radical (unpaired) electrons. The van der Waals surface area contributed by atoms with Gasteiger partial charge in [0.05, 0.1) is 17.3 Å². The molecule has 0 saturated heterocycles. The van der Waals surface area contributed by atoms with Crippen LogP contribution in [-0.2, 0) is 6.42 Å². The Balaban J connectivity index is 1.62. The van der Waals surface area contributed by atoms with Gasteiger partial charge in [0, 0.05) is 35.0 Å². The summed E-state index contributed by atoms with van der Waals surface area (Å²) in [4.78, 5) is 19.6. The summed E-state index contributed by atoms with van der Waals surface area (Å²) in [7, 11) is 0. The highest BCUT2D eigenvalue weighted by atomic mass is 16.1. The second-order valence-electron chi connectivity index (χ2n) is 7.80. The average molecular weight is 381 g/mol. The van der Waals surface area contributed by atoms with Crippen LogP contribution in [0.1, 0.15) is 42.1 Å². The van der Waals surface area contributed by atoms with Gasteiger partial charge in [0.2, 0.25) is 0 Å². The van der Waals surface area contributed by atoms with Crippen LogP contribution in [0.5, 0.6) is 0 Å². The Morgan fingerprint density at radius 1 is 1.17 bits per heavy atom. The molecule has 1 aliphatic rings. The molecule has 144 valence electrons. The molecule has 1 N–H and O–H groups in total. The fourth-order valence-electron chi connectivity index (χ4n) is 4.17.